The molecule has 5 nitrogen and oxygen atoms in total. The zero-order valence-electron chi connectivity index (χ0n) is 10.2. The quantitative estimate of drug-likeness (QED) is 0.848. The van der Waals surface area contributed by atoms with Crippen molar-refractivity contribution >= 4 is 10.9 Å². The van der Waals surface area contributed by atoms with Gasteiger partial charge in [-0.2, -0.15) is 5.10 Å². The van der Waals surface area contributed by atoms with Crippen LogP contribution in [0.2, 0.25) is 0 Å². The molecule has 1 fully saturated rings. The molecule has 0 spiro atoms. The molecule has 1 saturated heterocycles. The molecule has 0 bridgehead atoms. The fraction of sp³-hybridized carbons (Fsp3) is 0.462. The Morgan fingerprint density at radius 3 is 3.28 bits per heavy atom. The lowest BCUT2D eigenvalue weighted by Crippen LogP contribution is -2.35. The van der Waals surface area contributed by atoms with Crippen LogP contribution in [0.25, 0.3) is 10.9 Å². The molecular formula is C13H16N4O. The maximum atomic E-state index is 12.2. The van der Waals surface area contributed by atoms with Crippen molar-refractivity contribution in [3.05, 3.63) is 34.9 Å². The van der Waals surface area contributed by atoms with Gasteiger partial charge in [-0.1, -0.05) is 0 Å². The Bertz CT molecular complexity index is 601. The van der Waals surface area contributed by atoms with E-state index in [1.54, 1.807) is 23.1 Å². The van der Waals surface area contributed by atoms with E-state index in [9.17, 15) is 4.79 Å². The Balaban J connectivity index is 1.92. The molecular weight excluding hydrogens is 228 g/mol. The first-order chi connectivity index (χ1) is 8.84. The summed E-state index contributed by atoms with van der Waals surface area (Å²) >= 11 is 0. The number of hydrogen-bond acceptors (Lipinski definition) is 4. The summed E-state index contributed by atoms with van der Waals surface area (Å²) in [6.07, 6.45) is 5.69. The Morgan fingerprint density at radius 2 is 2.44 bits per heavy atom. The molecule has 0 saturated carbocycles. The minimum Gasteiger partial charge on any atom is -0.316 e. The molecule has 1 aliphatic rings. The first-order valence-electron chi connectivity index (χ1n) is 6.36. The van der Waals surface area contributed by atoms with E-state index in [0.29, 0.717) is 23.4 Å². The van der Waals surface area contributed by atoms with E-state index in [-0.39, 0.29) is 5.56 Å². The van der Waals surface area contributed by atoms with Gasteiger partial charge in [-0.25, -0.2) is 4.68 Å². The average Bonchev–Trinajstić information content (AvgIpc) is 2.43. The summed E-state index contributed by atoms with van der Waals surface area (Å²) in [7, 11) is 0. The zero-order chi connectivity index (χ0) is 12.4. The van der Waals surface area contributed by atoms with Crippen LogP contribution in [-0.4, -0.2) is 27.9 Å². The molecule has 2 aromatic heterocycles. The van der Waals surface area contributed by atoms with Gasteiger partial charge in [-0.05, 0) is 44.0 Å². The van der Waals surface area contributed by atoms with Crippen LogP contribution in [0.3, 0.4) is 0 Å². The lowest BCUT2D eigenvalue weighted by Gasteiger charge is -2.22. The molecule has 1 atom stereocenters. The van der Waals surface area contributed by atoms with E-state index < -0.39 is 0 Å². The molecule has 0 aromatic carbocycles. The summed E-state index contributed by atoms with van der Waals surface area (Å²) in [5.41, 5.74) is 0.631. The molecule has 94 valence electrons. The smallest absolute Gasteiger partial charge is 0.276 e. The van der Waals surface area contributed by atoms with Crippen LogP contribution in [0.5, 0.6) is 0 Å². The van der Waals surface area contributed by atoms with Crippen molar-refractivity contribution in [2.75, 3.05) is 13.1 Å². The van der Waals surface area contributed by atoms with Gasteiger partial charge in [0.05, 0.1) is 17.1 Å². The maximum Gasteiger partial charge on any atom is 0.276 e. The van der Waals surface area contributed by atoms with Gasteiger partial charge >= 0.3 is 0 Å². The van der Waals surface area contributed by atoms with Crippen LogP contribution >= 0.6 is 0 Å². The molecule has 3 rings (SSSR count). The second-order valence-electron chi connectivity index (χ2n) is 4.78. The highest BCUT2D eigenvalue weighted by atomic mass is 16.1. The van der Waals surface area contributed by atoms with Gasteiger partial charge in [0.1, 0.15) is 0 Å². The second kappa shape index (κ2) is 4.86. The van der Waals surface area contributed by atoms with E-state index in [0.717, 1.165) is 19.5 Å². The van der Waals surface area contributed by atoms with E-state index in [2.05, 4.69) is 15.4 Å². The second-order valence-corrected chi connectivity index (χ2v) is 4.78. The minimum absolute atomic E-state index is 0.0360. The van der Waals surface area contributed by atoms with Crippen LogP contribution in [-0.2, 0) is 6.54 Å². The van der Waals surface area contributed by atoms with E-state index >= 15 is 0 Å². The van der Waals surface area contributed by atoms with Crippen LogP contribution in [0, 0.1) is 5.92 Å². The lowest BCUT2D eigenvalue weighted by molar-refractivity contribution is 0.320. The Labute approximate surface area is 105 Å². The highest BCUT2D eigenvalue weighted by molar-refractivity contribution is 5.75. The standard InChI is InChI=1S/C13H16N4O/c18-13-11-4-2-6-15-12(11)8-16-17(13)9-10-3-1-5-14-7-10/h2,4,6,8,10,14H,1,3,5,7,9H2/t10-/m0/s1. The van der Waals surface area contributed by atoms with Crippen molar-refractivity contribution in [3.63, 3.8) is 0 Å². The molecule has 0 unspecified atom stereocenters. The molecule has 0 amide bonds. The number of nitrogens with one attached hydrogen (secondary N) is 1. The SMILES string of the molecule is O=c1c2cccnc2cnn1C[C@H]1CCCNC1. The number of fused-ring (bicyclic) bond motifs is 1. The van der Waals surface area contributed by atoms with Crippen molar-refractivity contribution in [1.29, 1.82) is 0 Å². The van der Waals surface area contributed by atoms with E-state index in [1.165, 1.54) is 6.42 Å². The minimum atomic E-state index is -0.0360. The largest absolute Gasteiger partial charge is 0.316 e. The lowest BCUT2D eigenvalue weighted by atomic mass is 10.00. The van der Waals surface area contributed by atoms with Crippen molar-refractivity contribution < 1.29 is 0 Å². The van der Waals surface area contributed by atoms with Gasteiger partial charge in [0.15, 0.2) is 0 Å². The molecule has 1 N–H and O–H groups in total. The van der Waals surface area contributed by atoms with Gasteiger partial charge < -0.3 is 5.32 Å². The molecule has 2 aromatic rings. The summed E-state index contributed by atoms with van der Waals surface area (Å²) in [6.45, 7) is 2.75. The van der Waals surface area contributed by atoms with Gasteiger partial charge in [0, 0.05) is 12.7 Å². The third kappa shape index (κ3) is 2.13. The number of nitrogens with zero attached hydrogens (tertiary/aromatic N) is 3. The highest BCUT2D eigenvalue weighted by Crippen LogP contribution is 2.11. The normalized spacial score (nSPS) is 20.1. The monoisotopic (exact) mass is 244 g/mol. The highest BCUT2D eigenvalue weighted by Gasteiger charge is 2.15. The van der Waals surface area contributed by atoms with Crippen LogP contribution < -0.4 is 10.9 Å². The number of hydrogen-bond donors (Lipinski definition) is 1. The average molecular weight is 244 g/mol. The first kappa shape index (κ1) is 11.3. The van der Waals surface area contributed by atoms with Gasteiger partial charge in [0.25, 0.3) is 5.56 Å². The first-order valence-corrected chi connectivity index (χ1v) is 6.36. The summed E-state index contributed by atoms with van der Waals surface area (Å²) < 4.78 is 1.57. The fourth-order valence-electron chi connectivity index (χ4n) is 2.47. The predicted molar refractivity (Wildman–Crippen MR) is 69.4 cm³/mol. The van der Waals surface area contributed by atoms with Crippen LogP contribution in [0.4, 0.5) is 0 Å². The summed E-state index contributed by atoms with van der Waals surface area (Å²) in [6, 6.07) is 3.60. The molecule has 1 aliphatic heterocycles. The van der Waals surface area contributed by atoms with E-state index in [1.807, 2.05) is 6.07 Å². The van der Waals surface area contributed by atoms with Crippen molar-refractivity contribution in [1.82, 2.24) is 20.1 Å². The number of pyridine rings is 1. The fourth-order valence-corrected chi connectivity index (χ4v) is 2.47. The third-order valence-electron chi connectivity index (χ3n) is 3.45. The molecule has 3 heterocycles. The third-order valence-corrected chi connectivity index (χ3v) is 3.45. The topological polar surface area (TPSA) is 59.8 Å². The number of piperidine rings is 1. The van der Waals surface area contributed by atoms with Gasteiger partial charge in [-0.3, -0.25) is 9.78 Å². The molecule has 0 aliphatic carbocycles. The van der Waals surface area contributed by atoms with E-state index in [4.69, 9.17) is 0 Å². The maximum absolute atomic E-state index is 12.2. The Morgan fingerprint density at radius 1 is 1.50 bits per heavy atom. The number of rotatable bonds is 2. The van der Waals surface area contributed by atoms with Gasteiger partial charge in [0.2, 0.25) is 0 Å². The predicted octanol–water partition coefficient (Wildman–Crippen LogP) is 0.791. The summed E-state index contributed by atoms with van der Waals surface area (Å²) in [5.74, 6) is 0.498. The van der Waals surface area contributed by atoms with Gasteiger partial charge in [-0.15, -0.1) is 0 Å². The molecule has 5 heteroatoms. The van der Waals surface area contributed by atoms with Crippen molar-refractivity contribution in [2.24, 2.45) is 5.92 Å². The number of aromatic nitrogens is 3. The summed E-state index contributed by atoms with van der Waals surface area (Å²) in [5, 5.41) is 8.22. The Kier molecular flexibility index (Phi) is 3.06. The van der Waals surface area contributed by atoms with Crippen molar-refractivity contribution in [3.8, 4) is 0 Å². The molecule has 18 heavy (non-hydrogen) atoms. The Hall–Kier alpha value is -1.75. The summed E-state index contributed by atoms with van der Waals surface area (Å²) in [4.78, 5) is 16.4. The van der Waals surface area contributed by atoms with Crippen LogP contribution in [0.15, 0.2) is 29.3 Å². The zero-order valence-corrected chi connectivity index (χ0v) is 10.2. The van der Waals surface area contributed by atoms with Crippen molar-refractivity contribution in [2.45, 2.75) is 19.4 Å². The van der Waals surface area contributed by atoms with Crippen LogP contribution in [0.1, 0.15) is 12.8 Å². The molecule has 0 radical (unpaired) electrons.